The molecule has 2 rings (SSSR count). The smallest absolute Gasteiger partial charge is 0.222 e. The molecule has 0 saturated carbocycles. The average molecular weight is 243 g/mol. The zero-order chi connectivity index (χ0) is 10.8. The molecule has 2 aromatic rings. The first kappa shape index (κ1) is 10.3. The molecule has 2 nitrogen and oxygen atoms in total. The van der Waals surface area contributed by atoms with Crippen molar-refractivity contribution in [1.82, 2.24) is 9.97 Å². The van der Waals surface area contributed by atoms with Crippen molar-refractivity contribution < 1.29 is 4.39 Å². The van der Waals surface area contributed by atoms with Crippen molar-refractivity contribution in [2.24, 2.45) is 0 Å². The van der Waals surface area contributed by atoms with Crippen molar-refractivity contribution in [2.45, 2.75) is 0 Å². The summed E-state index contributed by atoms with van der Waals surface area (Å²) >= 11 is 11.5. The third-order valence-corrected chi connectivity index (χ3v) is 2.33. The number of benzene rings is 1. The zero-order valence-corrected chi connectivity index (χ0v) is 8.93. The molecule has 15 heavy (non-hydrogen) atoms. The van der Waals surface area contributed by atoms with Crippen molar-refractivity contribution in [3.8, 4) is 11.3 Å². The van der Waals surface area contributed by atoms with Gasteiger partial charge in [-0.1, -0.05) is 11.6 Å². The van der Waals surface area contributed by atoms with E-state index in [2.05, 4.69) is 9.97 Å². The normalized spacial score (nSPS) is 10.3. The molecule has 0 spiro atoms. The van der Waals surface area contributed by atoms with Gasteiger partial charge in [0.1, 0.15) is 5.82 Å². The summed E-state index contributed by atoms with van der Waals surface area (Å²) in [5, 5.41) is 0.428. The van der Waals surface area contributed by atoms with Crippen molar-refractivity contribution in [1.29, 1.82) is 0 Å². The van der Waals surface area contributed by atoms with Gasteiger partial charge in [0, 0.05) is 11.8 Å². The zero-order valence-electron chi connectivity index (χ0n) is 7.42. The Hall–Kier alpha value is -1.19. The first-order chi connectivity index (χ1) is 7.16. The molecular weight excluding hydrogens is 238 g/mol. The summed E-state index contributed by atoms with van der Waals surface area (Å²) in [6, 6.07) is 5.76. The first-order valence-corrected chi connectivity index (χ1v) is 4.86. The number of aromatic nitrogens is 2. The summed E-state index contributed by atoms with van der Waals surface area (Å²) < 4.78 is 12.8. The van der Waals surface area contributed by atoms with Crippen LogP contribution in [-0.2, 0) is 0 Å². The van der Waals surface area contributed by atoms with E-state index in [9.17, 15) is 4.39 Å². The second-order valence-corrected chi connectivity index (χ2v) is 3.58. The number of nitrogens with zero attached hydrogens (tertiary/aromatic N) is 2. The SMILES string of the molecule is Fc1ccc(-c2ccnc(Cl)n2)c(Cl)c1. The summed E-state index contributed by atoms with van der Waals surface area (Å²) in [4.78, 5) is 7.73. The Morgan fingerprint density at radius 1 is 1.13 bits per heavy atom. The van der Waals surface area contributed by atoms with Gasteiger partial charge in [-0.3, -0.25) is 0 Å². The highest BCUT2D eigenvalue weighted by atomic mass is 35.5. The average Bonchev–Trinajstić information content (AvgIpc) is 2.17. The molecule has 0 aliphatic rings. The number of halogens is 3. The Labute approximate surface area is 95.7 Å². The minimum atomic E-state index is -0.385. The molecular formula is C10H5Cl2FN2. The fraction of sp³-hybridized carbons (Fsp3) is 0. The van der Waals surface area contributed by atoms with Crippen LogP contribution in [0.25, 0.3) is 11.3 Å². The Morgan fingerprint density at radius 3 is 2.60 bits per heavy atom. The van der Waals surface area contributed by atoms with Crippen LogP contribution in [0, 0.1) is 5.82 Å². The highest BCUT2D eigenvalue weighted by Gasteiger charge is 2.06. The second-order valence-electron chi connectivity index (χ2n) is 2.84. The van der Waals surface area contributed by atoms with E-state index in [-0.39, 0.29) is 11.1 Å². The van der Waals surface area contributed by atoms with E-state index in [0.717, 1.165) is 0 Å². The van der Waals surface area contributed by atoms with Crippen LogP contribution >= 0.6 is 23.2 Å². The van der Waals surface area contributed by atoms with E-state index in [1.807, 2.05) is 0 Å². The predicted octanol–water partition coefficient (Wildman–Crippen LogP) is 3.59. The third-order valence-electron chi connectivity index (χ3n) is 1.83. The van der Waals surface area contributed by atoms with Gasteiger partial charge in [-0.05, 0) is 35.9 Å². The van der Waals surface area contributed by atoms with Crippen molar-refractivity contribution >= 4 is 23.2 Å². The lowest BCUT2D eigenvalue weighted by Crippen LogP contribution is -1.88. The van der Waals surface area contributed by atoms with Crippen molar-refractivity contribution in [3.63, 3.8) is 0 Å². The summed E-state index contributed by atoms with van der Waals surface area (Å²) in [6.07, 6.45) is 1.52. The van der Waals surface area contributed by atoms with Crippen LogP contribution in [0.4, 0.5) is 4.39 Å². The standard InChI is InChI=1S/C10H5Cl2FN2/c11-8-5-6(13)1-2-7(8)9-3-4-14-10(12)15-9/h1-5H. The minimum Gasteiger partial charge on any atom is -0.226 e. The van der Waals surface area contributed by atoms with Gasteiger partial charge in [-0.15, -0.1) is 0 Å². The van der Waals surface area contributed by atoms with Crippen LogP contribution < -0.4 is 0 Å². The molecule has 5 heteroatoms. The van der Waals surface area contributed by atoms with Crippen molar-refractivity contribution in [2.75, 3.05) is 0 Å². The molecule has 0 saturated heterocycles. The number of hydrogen-bond donors (Lipinski definition) is 0. The molecule has 0 radical (unpaired) electrons. The largest absolute Gasteiger partial charge is 0.226 e. The summed E-state index contributed by atoms with van der Waals surface area (Å²) in [5.41, 5.74) is 1.20. The molecule has 1 aromatic heterocycles. The molecule has 1 aromatic carbocycles. The van der Waals surface area contributed by atoms with E-state index in [0.29, 0.717) is 16.3 Å². The van der Waals surface area contributed by atoms with Crippen LogP contribution in [0.1, 0.15) is 0 Å². The third kappa shape index (κ3) is 2.25. The fourth-order valence-electron chi connectivity index (χ4n) is 1.18. The Balaban J connectivity index is 2.54. The molecule has 0 fully saturated rings. The first-order valence-electron chi connectivity index (χ1n) is 4.11. The summed E-state index contributed by atoms with van der Waals surface area (Å²) in [7, 11) is 0. The predicted molar refractivity (Wildman–Crippen MR) is 57.4 cm³/mol. The molecule has 0 unspecified atom stereocenters. The fourth-order valence-corrected chi connectivity index (χ4v) is 1.59. The lowest BCUT2D eigenvalue weighted by Gasteiger charge is -2.03. The summed E-state index contributed by atoms with van der Waals surface area (Å²) in [6.45, 7) is 0. The van der Waals surface area contributed by atoms with E-state index < -0.39 is 0 Å². The quantitative estimate of drug-likeness (QED) is 0.715. The topological polar surface area (TPSA) is 25.8 Å². The van der Waals surface area contributed by atoms with Gasteiger partial charge in [0.15, 0.2) is 0 Å². The van der Waals surface area contributed by atoms with E-state index >= 15 is 0 Å². The van der Waals surface area contributed by atoms with E-state index in [1.165, 1.54) is 18.3 Å². The molecule has 0 aliphatic carbocycles. The maximum atomic E-state index is 12.8. The van der Waals surface area contributed by atoms with Crippen LogP contribution in [0.5, 0.6) is 0 Å². The maximum absolute atomic E-state index is 12.8. The highest BCUT2D eigenvalue weighted by molar-refractivity contribution is 6.33. The molecule has 0 atom stereocenters. The van der Waals surface area contributed by atoms with Gasteiger partial charge in [0.05, 0.1) is 10.7 Å². The summed E-state index contributed by atoms with van der Waals surface area (Å²) in [5.74, 6) is -0.385. The van der Waals surface area contributed by atoms with Gasteiger partial charge < -0.3 is 0 Å². The molecule has 0 aliphatic heterocycles. The molecule has 0 bridgehead atoms. The van der Waals surface area contributed by atoms with Crippen LogP contribution in [0.3, 0.4) is 0 Å². The molecule has 76 valence electrons. The van der Waals surface area contributed by atoms with Crippen LogP contribution in [0.15, 0.2) is 30.5 Å². The number of hydrogen-bond acceptors (Lipinski definition) is 2. The Kier molecular flexibility index (Phi) is 2.84. The minimum absolute atomic E-state index is 0.132. The Bertz CT molecular complexity index is 503. The second kappa shape index (κ2) is 4.13. The molecule has 0 N–H and O–H groups in total. The van der Waals surface area contributed by atoms with Crippen molar-refractivity contribution in [3.05, 3.63) is 46.6 Å². The van der Waals surface area contributed by atoms with Crippen LogP contribution in [-0.4, -0.2) is 9.97 Å². The van der Waals surface area contributed by atoms with Gasteiger partial charge in [0.2, 0.25) is 5.28 Å². The Morgan fingerprint density at radius 2 is 1.93 bits per heavy atom. The molecule has 1 heterocycles. The van der Waals surface area contributed by atoms with Crippen LogP contribution in [0.2, 0.25) is 10.3 Å². The van der Waals surface area contributed by atoms with E-state index in [4.69, 9.17) is 23.2 Å². The van der Waals surface area contributed by atoms with Gasteiger partial charge in [-0.25, -0.2) is 14.4 Å². The van der Waals surface area contributed by atoms with Gasteiger partial charge >= 0.3 is 0 Å². The highest BCUT2D eigenvalue weighted by Crippen LogP contribution is 2.27. The van der Waals surface area contributed by atoms with Gasteiger partial charge in [-0.2, -0.15) is 0 Å². The number of rotatable bonds is 1. The molecule has 0 amide bonds. The van der Waals surface area contributed by atoms with E-state index in [1.54, 1.807) is 12.1 Å². The van der Waals surface area contributed by atoms with Gasteiger partial charge in [0.25, 0.3) is 0 Å². The maximum Gasteiger partial charge on any atom is 0.222 e. The lowest BCUT2D eigenvalue weighted by molar-refractivity contribution is 0.628. The monoisotopic (exact) mass is 242 g/mol. The lowest BCUT2D eigenvalue weighted by atomic mass is 10.1.